The SMILES string of the molecule is Cc1nnn(CC(=O)Nc2ccnn2Cc2cccs2)n1. The Morgan fingerprint density at radius 2 is 2.33 bits per heavy atom. The molecule has 8 nitrogen and oxygen atoms in total. The fraction of sp³-hybridized carbons (Fsp3) is 0.250. The van der Waals surface area contributed by atoms with E-state index in [1.54, 1.807) is 35.2 Å². The highest BCUT2D eigenvalue weighted by Gasteiger charge is 2.10. The summed E-state index contributed by atoms with van der Waals surface area (Å²) in [6.07, 6.45) is 1.65. The molecule has 9 heteroatoms. The first kappa shape index (κ1) is 13.4. The lowest BCUT2D eigenvalue weighted by Gasteiger charge is -2.07. The van der Waals surface area contributed by atoms with Crippen LogP contribution >= 0.6 is 11.3 Å². The van der Waals surface area contributed by atoms with E-state index in [-0.39, 0.29) is 12.5 Å². The number of nitrogens with one attached hydrogen (secondary N) is 1. The average molecular weight is 303 g/mol. The van der Waals surface area contributed by atoms with Crippen LogP contribution in [0.25, 0.3) is 0 Å². The molecule has 0 aromatic carbocycles. The first-order valence-corrected chi connectivity index (χ1v) is 7.17. The molecule has 108 valence electrons. The first-order valence-electron chi connectivity index (χ1n) is 6.29. The number of amides is 1. The van der Waals surface area contributed by atoms with E-state index in [1.807, 2.05) is 17.5 Å². The molecule has 1 amide bonds. The van der Waals surface area contributed by atoms with Gasteiger partial charge in [-0.25, -0.2) is 4.68 Å². The van der Waals surface area contributed by atoms with Crippen LogP contribution < -0.4 is 5.32 Å². The van der Waals surface area contributed by atoms with Gasteiger partial charge in [-0.3, -0.25) is 4.79 Å². The summed E-state index contributed by atoms with van der Waals surface area (Å²) in [4.78, 5) is 14.4. The Balaban J connectivity index is 1.65. The molecular formula is C12H13N7OS. The number of hydrogen-bond donors (Lipinski definition) is 1. The van der Waals surface area contributed by atoms with Crippen molar-refractivity contribution in [1.82, 2.24) is 30.0 Å². The van der Waals surface area contributed by atoms with Crippen LogP contribution in [-0.4, -0.2) is 35.9 Å². The maximum atomic E-state index is 12.0. The molecule has 0 aliphatic carbocycles. The van der Waals surface area contributed by atoms with Crippen LogP contribution in [0, 0.1) is 6.92 Å². The summed E-state index contributed by atoms with van der Waals surface area (Å²) in [5, 5.41) is 20.5. The minimum absolute atomic E-state index is 0.0189. The van der Waals surface area contributed by atoms with E-state index >= 15 is 0 Å². The van der Waals surface area contributed by atoms with Crippen LogP contribution in [0.15, 0.2) is 29.8 Å². The van der Waals surface area contributed by atoms with Gasteiger partial charge in [0.25, 0.3) is 0 Å². The molecular weight excluding hydrogens is 290 g/mol. The first-order chi connectivity index (χ1) is 10.2. The summed E-state index contributed by atoms with van der Waals surface area (Å²) >= 11 is 1.65. The molecule has 0 aliphatic heterocycles. The number of aryl methyl sites for hydroxylation is 1. The van der Waals surface area contributed by atoms with Gasteiger partial charge < -0.3 is 5.32 Å². The number of tetrazole rings is 1. The van der Waals surface area contributed by atoms with E-state index in [4.69, 9.17) is 0 Å². The van der Waals surface area contributed by atoms with E-state index < -0.39 is 0 Å². The van der Waals surface area contributed by atoms with Crippen LogP contribution in [0.4, 0.5) is 5.82 Å². The van der Waals surface area contributed by atoms with Gasteiger partial charge in [0.15, 0.2) is 5.82 Å². The molecule has 0 atom stereocenters. The van der Waals surface area contributed by atoms with Crippen molar-refractivity contribution in [2.24, 2.45) is 0 Å². The third kappa shape index (κ3) is 3.31. The van der Waals surface area contributed by atoms with E-state index in [0.29, 0.717) is 18.2 Å². The number of anilines is 1. The number of aromatic nitrogens is 6. The molecule has 0 bridgehead atoms. The third-order valence-electron chi connectivity index (χ3n) is 2.71. The Kier molecular flexibility index (Phi) is 3.73. The highest BCUT2D eigenvalue weighted by molar-refractivity contribution is 7.09. The molecule has 0 unspecified atom stereocenters. The third-order valence-corrected chi connectivity index (χ3v) is 3.57. The lowest BCUT2D eigenvalue weighted by atomic mass is 10.4. The summed E-state index contributed by atoms with van der Waals surface area (Å²) in [7, 11) is 0. The molecule has 0 aliphatic rings. The van der Waals surface area contributed by atoms with Gasteiger partial charge in [-0.1, -0.05) is 6.07 Å². The van der Waals surface area contributed by atoms with Crippen molar-refractivity contribution in [3.05, 3.63) is 40.5 Å². The van der Waals surface area contributed by atoms with Gasteiger partial charge in [0.2, 0.25) is 5.91 Å². The van der Waals surface area contributed by atoms with Crippen molar-refractivity contribution >= 4 is 23.1 Å². The van der Waals surface area contributed by atoms with Gasteiger partial charge in [-0.15, -0.1) is 21.5 Å². The maximum Gasteiger partial charge on any atom is 0.249 e. The van der Waals surface area contributed by atoms with Crippen molar-refractivity contribution in [1.29, 1.82) is 0 Å². The molecule has 0 spiro atoms. The van der Waals surface area contributed by atoms with Crippen molar-refractivity contribution in [3.8, 4) is 0 Å². The minimum Gasteiger partial charge on any atom is -0.309 e. The zero-order valence-corrected chi connectivity index (χ0v) is 12.1. The Morgan fingerprint density at radius 1 is 1.43 bits per heavy atom. The van der Waals surface area contributed by atoms with Crippen LogP contribution in [0.3, 0.4) is 0 Å². The van der Waals surface area contributed by atoms with Gasteiger partial charge in [0.05, 0.1) is 12.7 Å². The normalized spacial score (nSPS) is 10.7. The lowest BCUT2D eigenvalue weighted by molar-refractivity contribution is -0.117. The summed E-state index contributed by atoms with van der Waals surface area (Å²) in [5.74, 6) is 0.955. The number of hydrogen-bond acceptors (Lipinski definition) is 6. The molecule has 0 saturated carbocycles. The smallest absolute Gasteiger partial charge is 0.249 e. The summed E-state index contributed by atoms with van der Waals surface area (Å²) in [6, 6.07) is 5.77. The Morgan fingerprint density at radius 3 is 3.05 bits per heavy atom. The van der Waals surface area contributed by atoms with Gasteiger partial charge in [0.1, 0.15) is 12.4 Å². The molecule has 0 fully saturated rings. The van der Waals surface area contributed by atoms with Crippen molar-refractivity contribution in [3.63, 3.8) is 0 Å². The fourth-order valence-corrected chi connectivity index (χ4v) is 2.50. The molecule has 21 heavy (non-hydrogen) atoms. The van der Waals surface area contributed by atoms with E-state index in [0.717, 1.165) is 0 Å². The molecule has 3 aromatic heterocycles. The lowest BCUT2D eigenvalue weighted by Crippen LogP contribution is -2.22. The van der Waals surface area contributed by atoms with Crippen LogP contribution in [0.1, 0.15) is 10.7 Å². The standard InChI is InChI=1S/C12H13N7OS/c1-9-15-17-19(16-9)8-12(20)14-11-4-5-13-18(11)7-10-3-2-6-21-10/h2-6H,7-8H2,1H3,(H,14,20). The van der Waals surface area contributed by atoms with Crippen LogP contribution in [-0.2, 0) is 17.9 Å². The summed E-state index contributed by atoms with van der Waals surface area (Å²) in [6.45, 7) is 2.36. The second-order valence-corrected chi connectivity index (χ2v) is 5.40. The zero-order chi connectivity index (χ0) is 14.7. The molecule has 0 radical (unpaired) electrons. The molecule has 3 aromatic rings. The van der Waals surface area contributed by atoms with E-state index in [9.17, 15) is 4.79 Å². The number of thiophene rings is 1. The Labute approximate surface area is 124 Å². The van der Waals surface area contributed by atoms with Gasteiger partial charge in [0, 0.05) is 10.9 Å². The van der Waals surface area contributed by atoms with Crippen LogP contribution in [0.2, 0.25) is 0 Å². The van der Waals surface area contributed by atoms with Gasteiger partial charge in [-0.2, -0.15) is 9.90 Å². The van der Waals surface area contributed by atoms with Crippen LogP contribution in [0.5, 0.6) is 0 Å². The second kappa shape index (κ2) is 5.83. The summed E-state index contributed by atoms with van der Waals surface area (Å²) in [5.41, 5.74) is 0. The van der Waals surface area contributed by atoms with Crippen molar-refractivity contribution in [2.75, 3.05) is 5.32 Å². The maximum absolute atomic E-state index is 12.0. The van der Waals surface area contributed by atoms with Gasteiger partial charge in [-0.05, 0) is 23.6 Å². The fourth-order valence-electron chi connectivity index (χ4n) is 1.82. The Bertz CT molecular complexity index is 730. The number of nitrogens with zero attached hydrogens (tertiary/aromatic N) is 6. The second-order valence-electron chi connectivity index (χ2n) is 4.37. The molecule has 1 N–H and O–H groups in total. The van der Waals surface area contributed by atoms with Crippen molar-refractivity contribution in [2.45, 2.75) is 20.0 Å². The predicted octanol–water partition coefficient (Wildman–Crippen LogP) is 0.927. The Hall–Kier alpha value is -2.55. The zero-order valence-electron chi connectivity index (χ0n) is 11.3. The van der Waals surface area contributed by atoms with Gasteiger partial charge >= 0.3 is 0 Å². The predicted molar refractivity (Wildman–Crippen MR) is 76.8 cm³/mol. The van der Waals surface area contributed by atoms with Crippen molar-refractivity contribution < 1.29 is 4.79 Å². The minimum atomic E-state index is -0.222. The number of rotatable bonds is 5. The highest BCUT2D eigenvalue weighted by Crippen LogP contribution is 2.14. The average Bonchev–Trinajstić information content (AvgIpc) is 3.15. The molecule has 0 saturated heterocycles. The van der Waals surface area contributed by atoms with E-state index in [2.05, 4.69) is 25.8 Å². The quantitative estimate of drug-likeness (QED) is 0.757. The monoisotopic (exact) mass is 303 g/mol. The number of carbonyl (C=O) groups is 1. The highest BCUT2D eigenvalue weighted by atomic mass is 32.1. The number of carbonyl (C=O) groups excluding carboxylic acids is 1. The molecule has 3 heterocycles. The molecule has 3 rings (SSSR count). The topological polar surface area (TPSA) is 90.5 Å². The van der Waals surface area contributed by atoms with E-state index in [1.165, 1.54) is 9.67 Å². The largest absolute Gasteiger partial charge is 0.309 e. The summed E-state index contributed by atoms with van der Waals surface area (Å²) < 4.78 is 1.74.